The number of aliphatic hydroxyl groups excluding tert-OH is 1. The molecule has 16 heavy (non-hydrogen) atoms. The largest absolute Gasteiger partial charge is 0.392 e. The molecule has 0 aromatic carbocycles. The fraction of sp³-hybridized carbons (Fsp3) is 0.923. The van der Waals surface area contributed by atoms with Gasteiger partial charge in [-0.1, -0.05) is 20.8 Å². The molecule has 94 valence electrons. The molecule has 1 rings (SSSR count). The van der Waals surface area contributed by atoms with Crippen LogP contribution >= 0.6 is 0 Å². The molecule has 0 spiro atoms. The number of carbonyl (C=O) groups excluding carboxylic acids is 1. The van der Waals surface area contributed by atoms with Crippen LogP contribution in [0.25, 0.3) is 0 Å². The van der Waals surface area contributed by atoms with Crippen molar-refractivity contribution in [2.45, 2.75) is 65.6 Å². The SMILES string of the molecule is CC(C)(C)C(=O)[C@@H]1C[C@@H](O)CN1C(C)(C)C. The zero-order valence-electron chi connectivity index (χ0n) is 11.4. The van der Waals surface area contributed by atoms with Crippen molar-refractivity contribution < 1.29 is 9.90 Å². The van der Waals surface area contributed by atoms with Gasteiger partial charge >= 0.3 is 0 Å². The summed E-state index contributed by atoms with van der Waals surface area (Å²) in [5.74, 6) is 0.235. The number of ketones is 1. The third-order valence-corrected chi connectivity index (χ3v) is 3.18. The molecule has 0 bridgehead atoms. The standard InChI is InChI=1S/C13H25NO2/c1-12(2,3)11(16)10-7-9(15)8-14(10)13(4,5)6/h9-10,15H,7-8H2,1-6H3/t9-,10+/m1/s1. The van der Waals surface area contributed by atoms with Crippen LogP contribution in [0.4, 0.5) is 0 Å². The molecule has 1 aliphatic heterocycles. The first kappa shape index (κ1) is 13.7. The summed E-state index contributed by atoms with van der Waals surface area (Å²) in [5.41, 5.74) is -0.402. The van der Waals surface area contributed by atoms with Crippen LogP contribution in [0.2, 0.25) is 0 Å². The first-order chi connectivity index (χ1) is 7.03. The third kappa shape index (κ3) is 2.83. The highest BCUT2D eigenvalue weighted by Gasteiger charge is 2.44. The number of nitrogens with zero attached hydrogens (tertiary/aromatic N) is 1. The van der Waals surface area contributed by atoms with Gasteiger partial charge in [0, 0.05) is 17.5 Å². The summed E-state index contributed by atoms with van der Waals surface area (Å²) < 4.78 is 0. The van der Waals surface area contributed by atoms with E-state index in [1.54, 1.807) is 0 Å². The topological polar surface area (TPSA) is 40.5 Å². The van der Waals surface area contributed by atoms with Gasteiger partial charge in [-0.25, -0.2) is 0 Å². The second kappa shape index (κ2) is 4.11. The molecule has 0 amide bonds. The Balaban J connectivity index is 2.91. The quantitative estimate of drug-likeness (QED) is 0.743. The van der Waals surface area contributed by atoms with E-state index in [1.165, 1.54) is 0 Å². The fourth-order valence-electron chi connectivity index (χ4n) is 2.30. The van der Waals surface area contributed by atoms with Crippen LogP contribution in [0, 0.1) is 5.41 Å². The van der Waals surface area contributed by atoms with E-state index >= 15 is 0 Å². The van der Waals surface area contributed by atoms with Crippen molar-refractivity contribution in [2.75, 3.05) is 6.54 Å². The van der Waals surface area contributed by atoms with Crippen molar-refractivity contribution >= 4 is 5.78 Å². The van der Waals surface area contributed by atoms with Gasteiger partial charge in [-0.3, -0.25) is 9.69 Å². The minimum atomic E-state index is -0.365. The smallest absolute Gasteiger partial charge is 0.155 e. The Kier molecular flexibility index (Phi) is 3.51. The Hall–Kier alpha value is -0.410. The zero-order chi connectivity index (χ0) is 12.7. The van der Waals surface area contributed by atoms with Gasteiger partial charge in [0.1, 0.15) is 0 Å². The molecule has 1 fully saturated rings. The van der Waals surface area contributed by atoms with E-state index in [0.717, 1.165) is 0 Å². The second-order valence-electron chi connectivity index (χ2n) is 6.84. The number of β-amino-alcohol motifs (C(OH)–C–C–N with tert-alkyl or cyclic N) is 1. The van der Waals surface area contributed by atoms with Crippen LogP contribution in [-0.2, 0) is 4.79 Å². The van der Waals surface area contributed by atoms with Gasteiger partial charge in [0.15, 0.2) is 5.78 Å². The molecular formula is C13H25NO2. The third-order valence-electron chi connectivity index (χ3n) is 3.18. The molecule has 0 aromatic heterocycles. The van der Waals surface area contributed by atoms with E-state index in [0.29, 0.717) is 13.0 Å². The molecule has 0 aromatic rings. The lowest BCUT2D eigenvalue weighted by Gasteiger charge is -2.38. The van der Waals surface area contributed by atoms with Crippen molar-refractivity contribution in [3.8, 4) is 0 Å². The van der Waals surface area contributed by atoms with Gasteiger partial charge in [-0.2, -0.15) is 0 Å². The van der Waals surface area contributed by atoms with Crippen LogP contribution in [0.5, 0.6) is 0 Å². The highest BCUT2D eigenvalue weighted by atomic mass is 16.3. The highest BCUT2D eigenvalue weighted by Crippen LogP contribution is 2.31. The summed E-state index contributed by atoms with van der Waals surface area (Å²) in [5, 5.41) is 9.75. The molecule has 2 atom stereocenters. The summed E-state index contributed by atoms with van der Waals surface area (Å²) in [6.45, 7) is 12.7. The second-order valence-corrected chi connectivity index (χ2v) is 6.84. The van der Waals surface area contributed by atoms with Crippen LogP contribution < -0.4 is 0 Å². The van der Waals surface area contributed by atoms with E-state index in [9.17, 15) is 9.90 Å². The van der Waals surface area contributed by atoms with Gasteiger partial charge in [-0.15, -0.1) is 0 Å². The Morgan fingerprint density at radius 1 is 1.19 bits per heavy atom. The van der Waals surface area contributed by atoms with Gasteiger partial charge in [0.05, 0.1) is 12.1 Å². The molecular weight excluding hydrogens is 202 g/mol. The van der Waals surface area contributed by atoms with E-state index in [-0.39, 0.29) is 28.9 Å². The Labute approximate surface area is 98.8 Å². The van der Waals surface area contributed by atoms with E-state index in [1.807, 2.05) is 20.8 Å². The molecule has 0 unspecified atom stereocenters. The van der Waals surface area contributed by atoms with Crippen LogP contribution in [0.1, 0.15) is 48.0 Å². The van der Waals surface area contributed by atoms with Crippen molar-refractivity contribution in [2.24, 2.45) is 5.41 Å². The van der Waals surface area contributed by atoms with Gasteiger partial charge in [-0.05, 0) is 27.2 Å². The summed E-state index contributed by atoms with van der Waals surface area (Å²) in [4.78, 5) is 14.4. The molecule has 1 heterocycles. The maximum atomic E-state index is 12.3. The van der Waals surface area contributed by atoms with Crippen LogP contribution in [0.3, 0.4) is 0 Å². The van der Waals surface area contributed by atoms with Gasteiger partial charge in [0.25, 0.3) is 0 Å². The molecule has 3 heteroatoms. The average Bonchev–Trinajstić information content (AvgIpc) is 2.43. The van der Waals surface area contributed by atoms with Crippen LogP contribution in [-0.4, -0.2) is 40.0 Å². The van der Waals surface area contributed by atoms with Crippen LogP contribution in [0.15, 0.2) is 0 Å². The normalized spacial score (nSPS) is 28.4. The lowest BCUT2D eigenvalue weighted by Crippen LogP contribution is -2.50. The van der Waals surface area contributed by atoms with Crippen molar-refractivity contribution in [1.82, 2.24) is 4.90 Å². The Bertz CT molecular complexity index is 273. The molecule has 0 saturated carbocycles. The van der Waals surface area contributed by atoms with Crippen molar-refractivity contribution in [3.63, 3.8) is 0 Å². The summed E-state index contributed by atoms with van der Waals surface area (Å²) in [6, 6.07) is -0.130. The lowest BCUT2D eigenvalue weighted by atomic mass is 9.84. The summed E-state index contributed by atoms with van der Waals surface area (Å²) in [7, 11) is 0. The zero-order valence-corrected chi connectivity index (χ0v) is 11.4. The lowest BCUT2D eigenvalue weighted by molar-refractivity contribution is -0.132. The molecule has 1 saturated heterocycles. The van der Waals surface area contributed by atoms with Crippen molar-refractivity contribution in [3.05, 3.63) is 0 Å². The Morgan fingerprint density at radius 2 is 1.69 bits per heavy atom. The molecule has 1 N–H and O–H groups in total. The average molecular weight is 227 g/mol. The number of rotatable bonds is 1. The maximum absolute atomic E-state index is 12.3. The minimum Gasteiger partial charge on any atom is -0.392 e. The summed E-state index contributed by atoms with van der Waals surface area (Å²) in [6.07, 6.45) is 0.212. The number of likely N-dealkylation sites (tertiary alicyclic amines) is 1. The number of hydrogen-bond donors (Lipinski definition) is 1. The fourth-order valence-corrected chi connectivity index (χ4v) is 2.30. The number of aliphatic hydroxyl groups is 1. The molecule has 1 aliphatic rings. The first-order valence-corrected chi connectivity index (χ1v) is 6.02. The number of hydrogen-bond acceptors (Lipinski definition) is 3. The number of carbonyl (C=O) groups is 1. The summed E-state index contributed by atoms with van der Waals surface area (Å²) >= 11 is 0. The predicted octanol–water partition coefficient (Wildman–Crippen LogP) is 1.84. The molecule has 0 radical (unpaired) electrons. The van der Waals surface area contributed by atoms with E-state index in [2.05, 4.69) is 25.7 Å². The van der Waals surface area contributed by atoms with Gasteiger partial charge < -0.3 is 5.11 Å². The predicted molar refractivity (Wildman–Crippen MR) is 65.3 cm³/mol. The minimum absolute atomic E-state index is 0.0664. The maximum Gasteiger partial charge on any atom is 0.155 e. The monoisotopic (exact) mass is 227 g/mol. The van der Waals surface area contributed by atoms with Gasteiger partial charge in [0.2, 0.25) is 0 Å². The van der Waals surface area contributed by atoms with Crippen molar-refractivity contribution in [1.29, 1.82) is 0 Å². The van der Waals surface area contributed by atoms with E-state index < -0.39 is 0 Å². The Morgan fingerprint density at radius 3 is 2.06 bits per heavy atom. The first-order valence-electron chi connectivity index (χ1n) is 6.02. The molecule has 3 nitrogen and oxygen atoms in total. The highest BCUT2D eigenvalue weighted by molar-refractivity contribution is 5.89. The van der Waals surface area contributed by atoms with E-state index in [4.69, 9.17) is 0 Å². The molecule has 0 aliphatic carbocycles. The number of Topliss-reactive ketones (excluding diaryl/α,β-unsaturated/α-hetero) is 1.